The van der Waals surface area contributed by atoms with Gasteiger partial charge in [0.25, 0.3) is 5.91 Å². The molecule has 0 heterocycles. The Balaban J connectivity index is 1.84. The summed E-state index contributed by atoms with van der Waals surface area (Å²) < 4.78 is 5.69. The van der Waals surface area contributed by atoms with Gasteiger partial charge in [0.05, 0.1) is 6.61 Å². The highest BCUT2D eigenvalue weighted by atomic mass is 35.5. The van der Waals surface area contributed by atoms with E-state index in [4.69, 9.17) is 28.6 Å². The van der Waals surface area contributed by atoms with Gasteiger partial charge in [0.1, 0.15) is 5.75 Å². The molecule has 0 radical (unpaired) electrons. The summed E-state index contributed by atoms with van der Waals surface area (Å²) in [6, 6.07) is 12.5. The van der Waals surface area contributed by atoms with Crippen molar-refractivity contribution >= 4 is 40.5 Å². The molecular formula is C21H25ClN2O2S. The topological polar surface area (TPSA) is 50.4 Å². The van der Waals surface area contributed by atoms with E-state index in [0.717, 1.165) is 23.4 Å². The SMILES string of the molecule is CCCCCCOc1ccc(C(=O)NC(=S)Nc2cccc(Cl)c2C)cc1. The number of halogens is 1. The fourth-order valence-electron chi connectivity index (χ4n) is 2.49. The van der Waals surface area contributed by atoms with Crippen molar-refractivity contribution in [2.75, 3.05) is 11.9 Å². The van der Waals surface area contributed by atoms with Crippen molar-refractivity contribution < 1.29 is 9.53 Å². The first-order valence-corrected chi connectivity index (χ1v) is 9.90. The van der Waals surface area contributed by atoms with Crippen molar-refractivity contribution in [1.29, 1.82) is 0 Å². The van der Waals surface area contributed by atoms with Gasteiger partial charge in [0.15, 0.2) is 5.11 Å². The predicted molar refractivity (Wildman–Crippen MR) is 116 cm³/mol. The monoisotopic (exact) mass is 404 g/mol. The Morgan fingerprint density at radius 1 is 1.11 bits per heavy atom. The highest BCUT2D eigenvalue weighted by Crippen LogP contribution is 2.22. The second kappa shape index (κ2) is 10.9. The standard InChI is InChI=1S/C21H25ClN2O2S/c1-3-4-5-6-14-26-17-12-10-16(11-13-17)20(25)24-21(27)23-19-9-7-8-18(22)15(19)2/h7-13H,3-6,14H2,1-2H3,(H2,23,24,25,27). The number of ether oxygens (including phenoxy) is 1. The van der Waals surface area contributed by atoms with Crippen LogP contribution >= 0.6 is 23.8 Å². The molecule has 0 aliphatic heterocycles. The lowest BCUT2D eigenvalue weighted by Crippen LogP contribution is -2.34. The molecule has 144 valence electrons. The van der Waals surface area contributed by atoms with Crippen molar-refractivity contribution in [3.63, 3.8) is 0 Å². The lowest BCUT2D eigenvalue weighted by Gasteiger charge is -2.12. The molecule has 2 aromatic carbocycles. The van der Waals surface area contributed by atoms with Crippen LogP contribution in [0.3, 0.4) is 0 Å². The summed E-state index contributed by atoms with van der Waals surface area (Å²) in [5.41, 5.74) is 2.15. The minimum atomic E-state index is -0.276. The summed E-state index contributed by atoms with van der Waals surface area (Å²) in [5, 5.41) is 6.53. The maximum absolute atomic E-state index is 12.3. The molecular weight excluding hydrogens is 380 g/mol. The van der Waals surface area contributed by atoms with Gasteiger partial charge in [-0.15, -0.1) is 0 Å². The molecule has 27 heavy (non-hydrogen) atoms. The maximum atomic E-state index is 12.3. The van der Waals surface area contributed by atoms with Crippen molar-refractivity contribution in [2.45, 2.75) is 39.5 Å². The lowest BCUT2D eigenvalue weighted by molar-refractivity contribution is 0.0977. The summed E-state index contributed by atoms with van der Waals surface area (Å²) in [6.07, 6.45) is 4.65. The van der Waals surface area contributed by atoms with Crippen molar-refractivity contribution in [3.05, 3.63) is 58.6 Å². The summed E-state index contributed by atoms with van der Waals surface area (Å²) in [5.74, 6) is 0.486. The van der Waals surface area contributed by atoms with E-state index < -0.39 is 0 Å². The summed E-state index contributed by atoms with van der Waals surface area (Å²) in [4.78, 5) is 12.3. The minimum Gasteiger partial charge on any atom is -0.494 e. The molecule has 2 aromatic rings. The van der Waals surface area contributed by atoms with Crippen LogP contribution in [0, 0.1) is 6.92 Å². The Bertz CT molecular complexity index is 778. The van der Waals surface area contributed by atoms with Crippen LogP contribution in [0.2, 0.25) is 5.02 Å². The smallest absolute Gasteiger partial charge is 0.257 e. The average Bonchev–Trinajstić information content (AvgIpc) is 2.65. The zero-order valence-corrected chi connectivity index (χ0v) is 17.3. The van der Waals surface area contributed by atoms with Gasteiger partial charge in [-0.05, 0) is 67.5 Å². The number of amides is 1. The van der Waals surface area contributed by atoms with Crippen LogP contribution in [0.4, 0.5) is 5.69 Å². The molecule has 6 heteroatoms. The molecule has 0 unspecified atom stereocenters. The van der Waals surface area contributed by atoms with Gasteiger partial charge >= 0.3 is 0 Å². The van der Waals surface area contributed by atoms with E-state index in [1.807, 2.05) is 19.1 Å². The lowest BCUT2D eigenvalue weighted by atomic mass is 10.2. The van der Waals surface area contributed by atoms with Crippen LogP contribution in [-0.4, -0.2) is 17.6 Å². The second-order valence-electron chi connectivity index (χ2n) is 6.25. The molecule has 0 atom stereocenters. The third kappa shape index (κ3) is 6.85. The molecule has 0 aliphatic carbocycles. The number of hydrogen-bond acceptors (Lipinski definition) is 3. The van der Waals surface area contributed by atoms with E-state index in [9.17, 15) is 4.79 Å². The van der Waals surface area contributed by atoms with E-state index in [1.54, 1.807) is 30.3 Å². The molecule has 0 fully saturated rings. The van der Waals surface area contributed by atoms with Crippen molar-refractivity contribution in [3.8, 4) is 5.75 Å². The summed E-state index contributed by atoms with van der Waals surface area (Å²) in [6.45, 7) is 4.76. The van der Waals surface area contributed by atoms with Crippen LogP contribution in [0.25, 0.3) is 0 Å². The quantitative estimate of drug-likeness (QED) is 0.435. The van der Waals surface area contributed by atoms with Crippen molar-refractivity contribution in [1.82, 2.24) is 5.32 Å². The largest absolute Gasteiger partial charge is 0.494 e. The zero-order valence-electron chi connectivity index (χ0n) is 15.7. The third-order valence-electron chi connectivity index (χ3n) is 4.13. The summed E-state index contributed by atoms with van der Waals surface area (Å²) in [7, 11) is 0. The molecule has 2 rings (SSSR count). The van der Waals surface area contributed by atoms with Crippen LogP contribution in [0.1, 0.15) is 48.5 Å². The average molecular weight is 405 g/mol. The Morgan fingerprint density at radius 3 is 2.56 bits per heavy atom. The number of carbonyl (C=O) groups is 1. The van der Waals surface area contributed by atoms with E-state index in [1.165, 1.54) is 19.3 Å². The van der Waals surface area contributed by atoms with Crippen LogP contribution in [0.15, 0.2) is 42.5 Å². The van der Waals surface area contributed by atoms with E-state index >= 15 is 0 Å². The molecule has 0 saturated carbocycles. The van der Waals surface area contributed by atoms with Gasteiger partial charge in [-0.1, -0.05) is 43.9 Å². The Hall–Kier alpha value is -2.11. The van der Waals surface area contributed by atoms with E-state index in [2.05, 4.69) is 17.6 Å². The van der Waals surface area contributed by atoms with Gasteiger partial charge in [0.2, 0.25) is 0 Å². The molecule has 0 aromatic heterocycles. The van der Waals surface area contributed by atoms with Gasteiger partial charge in [0, 0.05) is 16.3 Å². The van der Waals surface area contributed by atoms with E-state index in [-0.39, 0.29) is 11.0 Å². The summed E-state index contributed by atoms with van der Waals surface area (Å²) >= 11 is 11.3. The first-order valence-electron chi connectivity index (χ1n) is 9.11. The second-order valence-corrected chi connectivity index (χ2v) is 7.07. The van der Waals surface area contributed by atoms with Crippen LogP contribution in [0.5, 0.6) is 5.75 Å². The van der Waals surface area contributed by atoms with E-state index in [0.29, 0.717) is 17.2 Å². The Labute approximate surface area is 171 Å². The third-order valence-corrected chi connectivity index (χ3v) is 4.74. The number of benzene rings is 2. The predicted octanol–water partition coefficient (Wildman–Crippen LogP) is 5.73. The number of nitrogens with one attached hydrogen (secondary N) is 2. The first-order chi connectivity index (χ1) is 13.0. The molecule has 2 N–H and O–H groups in total. The normalized spacial score (nSPS) is 10.3. The highest BCUT2D eigenvalue weighted by Gasteiger charge is 2.10. The number of carbonyl (C=O) groups excluding carboxylic acids is 1. The number of rotatable bonds is 8. The zero-order chi connectivity index (χ0) is 19.6. The highest BCUT2D eigenvalue weighted by molar-refractivity contribution is 7.80. The molecule has 0 bridgehead atoms. The Morgan fingerprint density at radius 2 is 1.85 bits per heavy atom. The van der Waals surface area contributed by atoms with Gasteiger partial charge in [-0.2, -0.15) is 0 Å². The molecule has 0 spiro atoms. The molecule has 0 saturated heterocycles. The van der Waals surface area contributed by atoms with Gasteiger partial charge in [-0.25, -0.2) is 0 Å². The van der Waals surface area contributed by atoms with Crippen molar-refractivity contribution in [2.24, 2.45) is 0 Å². The molecule has 0 aliphatic rings. The first kappa shape index (κ1) is 21.2. The van der Waals surface area contributed by atoms with Crippen LogP contribution in [-0.2, 0) is 0 Å². The van der Waals surface area contributed by atoms with Gasteiger partial charge < -0.3 is 10.1 Å². The number of thiocarbonyl (C=S) groups is 1. The fraction of sp³-hybridized carbons (Fsp3) is 0.333. The maximum Gasteiger partial charge on any atom is 0.257 e. The van der Waals surface area contributed by atoms with Crippen LogP contribution < -0.4 is 15.4 Å². The number of unbranched alkanes of at least 4 members (excludes halogenated alkanes) is 3. The Kier molecular flexibility index (Phi) is 8.55. The minimum absolute atomic E-state index is 0.224. The molecule has 4 nitrogen and oxygen atoms in total. The molecule has 1 amide bonds. The number of hydrogen-bond donors (Lipinski definition) is 2. The fourth-order valence-corrected chi connectivity index (χ4v) is 2.87. The number of anilines is 1. The van der Waals surface area contributed by atoms with Gasteiger partial charge in [-0.3, -0.25) is 10.1 Å².